The van der Waals surface area contributed by atoms with E-state index in [1.54, 1.807) is 24.3 Å². The van der Waals surface area contributed by atoms with E-state index in [4.69, 9.17) is 4.42 Å². The molecule has 24 heavy (non-hydrogen) atoms. The van der Waals surface area contributed by atoms with Crippen LogP contribution in [-0.4, -0.2) is 22.3 Å². The highest BCUT2D eigenvalue weighted by Gasteiger charge is 2.13. The maximum atomic E-state index is 12.1. The van der Waals surface area contributed by atoms with E-state index in [-0.39, 0.29) is 22.6 Å². The normalized spacial score (nSPS) is 11.0. The van der Waals surface area contributed by atoms with Gasteiger partial charge in [-0.05, 0) is 24.3 Å². The van der Waals surface area contributed by atoms with E-state index in [9.17, 15) is 19.8 Å². The first-order valence-electron chi connectivity index (χ1n) is 6.93. The molecule has 3 aromatic rings. The van der Waals surface area contributed by atoms with Crippen molar-refractivity contribution in [2.45, 2.75) is 0 Å². The molecule has 2 aromatic carbocycles. The van der Waals surface area contributed by atoms with E-state index in [1.165, 1.54) is 24.3 Å². The van der Waals surface area contributed by atoms with Crippen molar-refractivity contribution in [3.8, 4) is 11.5 Å². The van der Waals surface area contributed by atoms with Crippen LogP contribution in [0.5, 0.6) is 11.5 Å². The third-order valence-corrected chi connectivity index (χ3v) is 3.30. The van der Waals surface area contributed by atoms with E-state index in [0.717, 1.165) is 6.21 Å². The maximum Gasteiger partial charge on any atom is 0.349 e. The van der Waals surface area contributed by atoms with Crippen molar-refractivity contribution < 1.29 is 19.4 Å². The van der Waals surface area contributed by atoms with E-state index in [1.807, 2.05) is 0 Å². The molecule has 0 bridgehead atoms. The van der Waals surface area contributed by atoms with Crippen molar-refractivity contribution >= 4 is 23.1 Å². The fourth-order valence-corrected chi connectivity index (χ4v) is 2.09. The second-order valence-electron chi connectivity index (χ2n) is 4.90. The molecule has 0 aliphatic heterocycles. The zero-order valence-corrected chi connectivity index (χ0v) is 12.3. The van der Waals surface area contributed by atoms with Gasteiger partial charge < -0.3 is 14.6 Å². The summed E-state index contributed by atoms with van der Waals surface area (Å²) in [6, 6.07) is 12.5. The summed E-state index contributed by atoms with van der Waals surface area (Å²) in [7, 11) is 0. The number of phenolic OH excluding ortho intramolecular Hbond substituents is 2. The Morgan fingerprint density at radius 1 is 1.12 bits per heavy atom. The van der Waals surface area contributed by atoms with Crippen LogP contribution in [0.2, 0.25) is 0 Å². The summed E-state index contributed by atoms with van der Waals surface area (Å²) in [5.41, 5.74) is 1.80. The average molecular weight is 324 g/mol. The molecule has 0 spiro atoms. The number of aromatic hydroxyl groups is 2. The zero-order chi connectivity index (χ0) is 17.1. The summed E-state index contributed by atoms with van der Waals surface area (Å²) < 4.78 is 5.07. The van der Waals surface area contributed by atoms with Gasteiger partial charge in [-0.25, -0.2) is 10.2 Å². The van der Waals surface area contributed by atoms with Gasteiger partial charge in [0.25, 0.3) is 5.91 Å². The van der Waals surface area contributed by atoms with Crippen LogP contribution in [0.3, 0.4) is 0 Å². The standard InChI is InChI=1S/C17H12N2O5/c20-13-6-3-5-11(15(13)21)9-18-19-16(22)12-8-10-4-1-2-7-14(10)24-17(12)23/h1-9,20-21H,(H,19,22)/b18-9+. The number of para-hydroxylation sites is 2. The Morgan fingerprint density at radius 2 is 1.92 bits per heavy atom. The third-order valence-electron chi connectivity index (χ3n) is 3.30. The Hall–Kier alpha value is -3.61. The lowest BCUT2D eigenvalue weighted by Crippen LogP contribution is -2.24. The molecule has 7 heteroatoms. The highest BCUT2D eigenvalue weighted by Crippen LogP contribution is 2.26. The minimum Gasteiger partial charge on any atom is -0.504 e. The van der Waals surface area contributed by atoms with Gasteiger partial charge in [0.05, 0.1) is 6.21 Å². The summed E-state index contributed by atoms with van der Waals surface area (Å²) in [6.07, 6.45) is 1.15. The van der Waals surface area contributed by atoms with Crippen LogP contribution < -0.4 is 11.1 Å². The fourth-order valence-electron chi connectivity index (χ4n) is 2.09. The van der Waals surface area contributed by atoms with Gasteiger partial charge in [-0.3, -0.25) is 4.79 Å². The third kappa shape index (κ3) is 2.95. The van der Waals surface area contributed by atoms with Gasteiger partial charge in [-0.15, -0.1) is 0 Å². The molecule has 0 saturated heterocycles. The molecule has 0 radical (unpaired) electrons. The number of hydrazone groups is 1. The number of rotatable bonds is 3. The molecule has 3 rings (SSSR count). The summed E-state index contributed by atoms with van der Waals surface area (Å²) in [5, 5.41) is 23.3. The lowest BCUT2D eigenvalue weighted by Gasteiger charge is -2.02. The Balaban J connectivity index is 1.83. The number of carbonyl (C=O) groups excluding carboxylic acids is 1. The first kappa shape index (κ1) is 15.3. The predicted molar refractivity (Wildman–Crippen MR) is 87.3 cm³/mol. The number of nitrogens with zero attached hydrogens (tertiary/aromatic N) is 1. The Kier molecular flexibility index (Phi) is 3.98. The average Bonchev–Trinajstić information content (AvgIpc) is 2.58. The highest BCUT2D eigenvalue weighted by atomic mass is 16.4. The lowest BCUT2D eigenvalue weighted by molar-refractivity contribution is 0.0951. The van der Waals surface area contributed by atoms with Crippen molar-refractivity contribution in [3.63, 3.8) is 0 Å². The van der Waals surface area contributed by atoms with Crippen LogP contribution in [0.1, 0.15) is 15.9 Å². The Bertz CT molecular complexity index is 1010. The topological polar surface area (TPSA) is 112 Å². The van der Waals surface area contributed by atoms with Gasteiger partial charge >= 0.3 is 5.63 Å². The molecule has 0 aliphatic carbocycles. The van der Waals surface area contributed by atoms with Crippen LogP contribution in [0.25, 0.3) is 11.0 Å². The van der Waals surface area contributed by atoms with Crippen molar-refractivity contribution in [1.29, 1.82) is 0 Å². The van der Waals surface area contributed by atoms with Crippen molar-refractivity contribution in [2.24, 2.45) is 5.10 Å². The SMILES string of the molecule is O=C(N/N=C/c1cccc(O)c1O)c1cc2ccccc2oc1=O. The molecular formula is C17H12N2O5. The Morgan fingerprint density at radius 3 is 2.75 bits per heavy atom. The Labute approximate surface area is 135 Å². The monoisotopic (exact) mass is 324 g/mol. The van der Waals surface area contributed by atoms with Gasteiger partial charge in [0.1, 0.15) is 11.1 Å². The van der Waals surface area contributed by atoms with Gasteiger partial charge in [0.15, 0.2) is 11.5 Å². The van der Waals surface area contributed by atoms with Crippen LogP contribution >= 0.6 is 0 Å². The minimum absolute atomic E-state index is 0.189. The largest absolute Gasteiger partial charge is 0.504 e. The molecule has 7 nitrogen and oxygen atoms in total. The number of hydrogen-bond acceptors (Lipinski definition) is 6. The quantitative estimate of drug-likeness (QED) is 0.295. The maximum absolute atomic E-state index is 12.1. The molecule has 3 N–H and O–H groups in total. The molecule has 0 saturated carbocycles. The van der Waals surface area contributed by atoms with Crippen LogP contribution in [-0.2, 0) is 0 Å². The number of nitrogens with one attached hydrogen (secondary N) is 1. The highest BCUT2D eigenvalue weighted by molar-refractivity contribution is 5.97. The zero-order valence-electron chi connectivity index (χ0n) is 12.3. The van der Waals surface area contributed by atoms with Gasteiger partial charge in [-0.2, -0.15) is 5.10 Å². The van der Waals surface area contributed by atoms with Crippen molar-refractivity contribution in [2.75, 3.05) is 0 Å². The van der Waals surface area contributed by atoms with E-state index in [0.29, 0.717) is 11.0 Å². The van der Waals surface area contributed by atoms with Gasteiger partial charge in [0.2, 0.25) is 0 Å². The molecule has 0 aliphatic rings. The fraction of sp³-hybridized carbons (Fsp3) is 0. The molecule has 0 unspecified atom stereocenters. The number of phenols is 2. The van der Waals surface area contributed by atoms with E-state index < -0.39 is 11.5 Å². The smallest absolute Gasteiger partial charge is 0.349 e. The summed E-state index contributed by atoms with van der Waals surface area (Å²) in [5.74, 6) is -1.41. The van der Waals surface area contributed by atoms with Gasteiger partial charge in [0, 0.05) is 10.9 Å². The first-order valence-corrected chi connectivity index (χ1v) is 6.93. The number of carbonyl (C=O) groups is 1. The number of fused-ring (bicyclic) bond motifs is 1. The second-order valence-corrected chi connectivity index (χ2v) is 4.90. The second kappa shape index (κ2) is 6.25. The summed E-state index contributed by atoms with van der Waals surface area (Å²) in [4.78, 5) is 23.9. The number of benzene rings is 2. The molecular weight excluding hydrogens is 312 g/mol. The van der Waals surface area contributed by atoms with E-state index in [2.05, 4.69) is 10.5 Å². The first-order chi connectivity index (χ1) is 11.6. The predicted octanol–water partition coefficient (Wildman–Crippen LogP) is 1.97. The minimum atomic E-state index is -0.776. The lowest BCUT2D eigenvalue weighted by atomic mass is 10.2. The van der Waals surface area contributed by atoms with E-state index >= 15 is 0 Å². The molecule has 1 amide bonds. The van der Waals surface area contributed by atoms with Crippen molar-refractivity contribution in [1.82, 2.24) is 5.43 Å². The van der Waals surface area contributed by atoms with Crippen LogP contribution in [0.4, 0.5) is 0 Å². The molecule has 1 heterocycles. The molecule has 0 atom stereocenters. The van der Waals surface area contributed by atoms with Crippen molar-refractivity contribution in [3.05, 3.63) is 70.1 Å². The molecule has 120 valence electrons. The molecule has 1 aromatic heterocycles. The molecule has 0 fully saturated rings. The van der Waals surface area contributed by atoms with Crippen LogP contribution in [0.15, 0.2) is 62.8 Å². The summed E-state index contributed by atoms with van der Waals surface area (Å²) >= 11 is 0. The van der Waals surface area contributed by atoms with Gasteiger partial charge in [-0.1, -0.05) is 24.3 Å². The number of hydrogen-bond donors (Lipinski definition) is 3. The summed E-state index contributed by atoms with van der Waals surface area (Å²) in [6.45, 7) is 0. The van der Waals surface area contributed by atoms with Crippen LogP contribution in [0, 0.1) is 0 Å². The number of amides is 1.